The summed E-state index contributed by atoms with van der Waals surface area (Å²) >= 11 is 0. The largest absolute Gasteiger partial charge is 0.444 e. The lowest BCUT2D eigenvalue weighted by atomic mass is 10.2. The second-order valence-corrected chi connectivity index (χ2v) is 6.35. The van der Waals surface area contributed by atoms with Crippen molar-refractivity contribution in [3.05, 3.63) is 17.5 Å². The van der Waals surface area contributed by atoms with Crippen molar-refractivity contribution in [3.8, 4) is 0 Å². The molecule has 2 unspecified atom stereocenters. The maximum absolute atomic E-state index is 11.6. The molecule has 1 amide bonds. The van der Waals surface area contributed by atoms with E-state index in [1.54, 1.807) is 0 Å². The fraction of sp³-hybridized carbons (Fsp3) is 0.714. The van der Waals surface area contributed by atoms with Crippen molar-refractivity contribution in [3.63, 3.8) is 0 Å². The molecular weight excluding hydrogens is 256 g/mol. The molecule has 0 aromatic carbocycles. The highest BCUT2D eigenvalue weighted by atomic mass is 16.6. The van der Waals surface area contributed by atoms with E-state index in [1.807, 2.05) is 45.6 Å². The molecule has 0 spiro atoms. The topological polar surface area (TPSA) is 68.2 Å². The molecular formula is C14H24N4O2. The Hall–Kier alpha value is -1.56. The van der Waals surface area contributed by atoms with E-state index in [1.165, 1.54) is 5.56 Å². The van der Waals surface area contributed by atoms with Crippen molar-refractivity contribution >= 4 is 6.09 Å². The van der Waals surface area contributed by atoms with Crippen LogP contribution in [0.2, 0.25) is 0 Å². The van der Waals surface area contributed by atoms with Crippen LogP contribution < -0.4 is 10.6 Å². The molecule has 2 N–H and O–H groups in total. The summed E-state index contributed by atoms with van der Waals surface area (Å²) < 4.78 is 7.09. The molecule has 1 saturated carbocycles. The van der Waals surface area contributed by atoms with E-state index in [0.717, 1.165) is 18.7 Å². The quantitative estimate of drug-likeness (QED) is 0.876. The van der Waals surface area contributed by atoms with Crippen LogP contribution >= 0.6 is 0 Å². The van der Waals surface area contributed by atoms with Crippen LogP contribution in [0, 0.1) is 6.92 Å². The molecule has 0 aliphatic heterocycles. The number of hydrogen-bond acceptors (Lipinski definition) is 4. The maximum Gasteiger partial charge on any atom is 0.407 e. The molecule has 6 heteroatoms. The highest BCUT2D eigenvalue weighted by molar-refractivity contribution is 5.68. The fourth-order valence-electron chi connectivity index (χ4n) is 2.00. The van der Waals surface area contributed by atoms with Gasteiger partial charge in [0.2, 0.25) is 0 Å². The minimum Gasteiger partial charge on any atom is -0.444 e. The van der Waals surface area contributed by atoms with E-state index >= 15 is 0 Å². The summed E-state index contributed by atoms with van der Waals surface area (Å²) in [6, 6.07) is 0.490. The van der Waals surface area contributed by atoms with Gasteiger partial charge in [0.15, 0.2) is 0 Å². The van der Waals surface area contributed by atoms with Gasteiger partial charge in [-0.1, -0.05) is 0 Å². The molecule has 0 saturated heterocycles. The summed E-state index contributed by atoms with van der Waals surface area (Å²) in [6.07, 6.45) is 2.48. The van der Waals surface area contributed by atoms with Gasteiger partial charge in [-0.25, -0.2) is 4.79 Å². The van der Waals surface area contributed by atoms with Gasteiger partial charge in [0, 0.05) is 36.9 Å². The van der Waals surface area contributed by atoms with E-state index in [-0.39, 0.29) is 12.1 Å². The molecule has 1 fully saturated rings. The molecule has 2 atom stereocenters. The van der Waals surface area contributed by atoms with Crippen LogP contribution in [-0.2, 0) is 18.3 Å². The van der Waals surface area contributed by atoms with E-state index in [4.69, 9.17) is 4.74 Å². The van der Waals surface area contributed by atoms with Crippen LogP contribution in [0.15, 0.2) is 6.20 Å². The summed E-state index contributed by atoms with van der Waals surface area (Å²) in [5.41, 5.74) is 1.90. The number of hydrogen-bond donors (Lipinski definition) is 2. The zero-order valence-electron chi connectivity index (χ0n) is 12.9. The van der Waals surface area contributed by atoms with Crippen molar-refractivity contribution in [1.82, 2.24) is 20.4 Å². The summed E-state index contributed by atoms with van der Waals surface area (Å²) in [7, 11) is 1.93. The Bertz CT molecular complexity index is 490. The van der Waals surface area contributed by atoms with Crippen LogP contribution in [0.5, 0.6) is 0 Å². The van der Waals surface area contributed by atoms with Crippen molar-refractivity contribution in [2.45, 2.75) is 58.3 Å². The molecule has 1 heterocycles. The number of carbonyl (C=O) groups excluding carboxylic acids is 1. The van der Waals surface area contributed by atoms with Gasteiger partial charge in [0.25, 0.3) is 0 Å². The molecule has 0 radical (unpaired) electrons. The lowest BCUT2D eigenvalue weighted by molar-refractivity contribution is 0.0522. The average Bonchev–Trinajstić information content (AvgIpc) is 2.95. The van der Waals surface area contributed by atoms with Gasteiger partial charge in [-0.2, -0.15) is 5.10 Å². The Morgan fingerprint density at radius 3 is 2.75 bits per heavy atom. The Morgan fingerprint density at radius 2 is 2.20 bits per heavy atom. The first kappa shape index (κ1) is 14.8. The van der Waals surface area contributed by atoms with E-state index in [2.05, 4.69) is 15.7 Å². The zero-order chi connectivity index (χ0) is 14.9. The number of amides is 1. The van der Waals surface area contributed by atoms with Crippen LogP contribution in [0.25, 0.3) is 0 Å². The fourth-order valence-corrected chi connectivity index (χ4v) is 2.00. The number of carbonyl (C=O) groups is 1. The zero-order valence-corrected chi connectivity index (χ0v) is 12.9. The Labute approximate surface area is 119 Å². The summed E-state index contributed by atoms with van der Waals surface area (Å²) in [5.74, 6) is 0. The first-order valence-electron chi connectivity index (χ1n) is 6.96. The lowest BCUT2D eigenvalue weighted by Crippen LogP contribution is -2.36. The first-order chi connectivity index (χ1) is 9.26. The molecule has 112 valence electrons. The molecule has 1 aromatic rings. The number of nitrogens with one attached hydrogen (secondary N) is 2. The van der Waals surface area contributed by atoms with Gasteiger partial charge in [-0.3, -0.25) is 4.68 Å². The van der Waals surface area contributed by atoms with Gasteiger partial charge in [-0.15, -0.1) is 0 Å². The van der Waals surface area contributed by atoms with E-state index in [0.29, 0.717) is 6.04 Å². The molecule has 1 aliphatic carbocycles. The second kappa shape index (κ2) is 5.44. The number of aromatic nitrogens is 2. The predicted molar refractivity (Wildman–Crippen MR) is 76.3 cm³/mol. The van der Waals surface area contributed by atoms with Crippen LogP contribution in [0.4, 0.5) is 4.79 Å². The third-order valence-corrected chi connectivity index (χ3v) is 3.38. The predicted octanol–water partition coefficient (Wildman–Crippen LogP) is 1.48. The first-order valence-corrected chi connectivity index (χ1v) is 6.96. The number of aryl methyl sites for hydroxylation is 1. The minimum absolute atomic E-state index is 0.168. The van der Waals surface area contributed by atoms with Crippen molar-refractivity contribution in [2.75, 3.05) is 0 Å². The normalized spacial score (nSPS) is 21.6. The van der Waals surface area contributed by atoms with Crippen LogP contribution in [0.3, 0.4) is 0 Å². The Balaban J connectivity index is 1.71. The second-order valence-electron chi connectivity index (χ2n) is 6.35. The SMILES string of the molecule is Cc1c(CNC2CC2NC(=O)OC(C)(C)C)cnn1C. The van der Waals surface area contributed by atoms with Crippen molar-refractivity contribution < 1.29 is 9.53 Å². The van der Waals surface area contributed by atoms with Crippen molar-refractivity contribution in [1.29, 1.82) is 0 Å². The molecule has 0 bridgehead atoms. The third kappa shape index (κ3) is 3.96. The van der Waals surface area contributed by atoms with Gasteiger partial charge in [-0.05, 0) is 34.1 Å². The van der Waals surface area contributed by atoms with E-state index < -0.39 is 5.60 Å². The highest BCUT2D eigenvalue weighted by Gasteiger charge is 2.38. The smallest absolute Gasteiger partial charge is 0.407 e. The number of ether oxygens (including phenoxy) is 1. The van der Waals surface area contributed by atoms with Crippen LogP contribution in [-0.4, -0.2) is 33.6 Å². The van der Waals surface area contributed by atoms with Gasteiger partial charge >= 0.3 is 6.09 Å². The van der Waals surface area contributed by atoms with Crippen molar-refractivity contribution in [2.24, 2.45) is 7.05 Å². The van der Waals surface area contributed by atoms with E-state index in [9.17, 15) is 4.79 Å². The maximum atomic E-state index is 11.6. The number of alkyl carbamates (subject to hydrolysis) is 1. The average molecular weight is 280 g/mol. The highest BCUT2D eigenvalue weighted by Crippen LogP contribution is 2.22. The van der Waals surface area contributed by atoms with Crippen LogP contribution in [0.1, 0.15) is 38.4 Å². The molecule has 2 rings (SSSR count). The van der Waals surface area contributed by atoms with Gasteiger partial charge in [0.05, 0.1) is 6.20 Å². The number of rotatable bonds is 4. The van der Waals surface area contributed by atoms with Gasteiger partial charge in [0.1, 0.15) is 5.60 Å². The number of nitrogens with zero attached hydrogens (tertiary/aromatic N) is 2. The summed E-state index contributed by atoms with van der Waals surface area (Å²) in [4.78, 5) is 11.6. The molecule has 6 nitrogen and oxygen atoms in total. The Kier molecular flexibility index (Phi) is 4.04. The third-order valence-electron chi connectivity index (χ3n) is 3.38. The molecule has 1 aromatic heterocycles. The molecule has 1 aliphatic rings. The standard InChI is InChI=1S/C14H24N4O2/c1-9-10(8-16-18(9)5)7-15-11-6-12(11)17-13(19)20-14(2,3)4/h8,11-12,15H,6-7H2,1-5H3,(H,17,19). The summed E-state index contributed by atoms with van der Waals surface area (Å²) in [6.45, 7) is 8.41. The lowest BCUT2D eigenvalue weighted by Gasteiger charge is -2.19. The van der Waals surface area contributed by atoms with Gasteiger partial charge < -0.3 is 15.4 Å². The Morgan fingerprint density at radius 1 is 1.50 bits per heavy atom. The molecule has 20 heavy (non-hydrogen) atoms. The monoisotopic (exact) mass is 280 g/mol. The minimum atomic E-state index is -0.450. The summed E-state index contributed by atoms with van der Waals surface area (Å²) in [5, 5.41) is 10.5.